The van der Waals surface area contributed by atoms with Crippen LogP contribution in [0.1, 0.15) is 30.9 Å². The standard InChI is InChI=1S/C19H26ClN7.HI/c1-13-24-25-18(26(13)2)11-21-19(22-15-6-7-15)23-16-8-9-27(12-16)17-5-3-4-14(20)10-17;/h3-5,10,15-16H,6-9,11-12H2,1-2H3,(H2,21,22,23);1H. The van der Waals surface area contributed by atoms with E-state index in [2.05, 4.69) is 31.8 Å². The first-order valence-electron chi connectivity index (χ1n) is 9.51. The van der Waals surface area contributed by atoms with Gasteiger partial charge in [-0.1, -0.05) is 17.7 Å². The normalized spacial score (nSPS) is 19.5. The summed E-state index contributed by atoms with van der Waals surface area (Å²) in [6.45, 7) is 4.42. The molecule has 0 bridgehead atoms. The predicted octanol–water partition coefficient (Wildman–Crippen LogP) is 2.87. The molecular formula is C19H27ClIN7. The highest BCUT2D eigenvalue weighted by atomic mass is 127. The van der Waals surface area contributed by atoms with Crippen molar-refractivity contribution in [2.45, 2.75) is 44.8 Å². The van der Waals surface area contributed by atoms with Crippen LogP contribution in [0.3, 0.4) is 0 Å². The molecular weight excluding hydrogens is 489 g/mol. The maximum Gasteiger partial charge on any atom is 0.192 e. The van der Waals surface area contributed by atoms with Crippen LogP contribution in [0, 0.1) is 6.92 Å². The minimum atomic E-state index is 0. The minimum Gasteiger partial charge on any atom is -0.369 e. The summed E-state index contributed by atoms with van der Waals surface area (Å²) in [5, 5.41) is 16.2. The second-order valence-electron chi connectivity index (χ2n) is 7.36. The van der Waals surface area contributed by atoms with Crippen LogP contribution >= 0.6 is 35.6 Å². The predicted molar refractivity (Wildman–Crippen MR) is 124 cm³/mol. The maximum absolute atomic E-state index is 6.14. The minimum absolute atomic E-state index is 0. The zero-order valence-corrected chi connectivity index (χ0v) is 19.3. The number of aryl methyl sites for hydroxylation is 1. The van der Waals surface area contributed by atoms with E-state index in [1.54, 1.807) is 0 Å². The summed E-state index contributed by atoms with van der Waals surface area (Å²) in [5.41, 5.74) is 1.18. The van der Waals surface area contributed by atoms with Crippen molar-refractivity contribution in [2.75, 3.05) is 18.0 Å². The highest BCUT2D eigenvalue weighted by Gasteiger charge is 2.27. The largest absolute Gasteiger partial charge is 0.369 e. The molecule has 1 unspecified atom stereocenters. The Hall–Kier alpha value is -1.55. The molecule has 1 aliphatic carbocycles. The lowest BCUT2D eigenvalue weighted by molar-refractivity contribution is 0.642. The van der Waals surface area contributed by atoms with Crippen LogP contribution in [0.15, 0.2) is 29.3 Å². The van der Waals surface area contributed by atoms with Gasteiger partial charge in [0.05, 0.1) is 0 Å². The molecule has 0 spiro atoms. The van der Waals surface area contributed by atoms with E-state index in [0.717, 1.165) is 42.1 Å². The van der Waals surface area contributed by atoms with Gasteiger partial charge in [-0.15, -0.1) is 34.2 Å². The fourth-order valence-corrected chi connectivity index (χ4v) is 3.46. The summed E-state index contributed by atoms with van der Waals surface area (Å²) in [5.74, 6) is 2.64. The first kappa shape index (κ1) is 21.2. The number of nitrogens with zero attached hydrogens (tertiary/aromatic N) is 5. The van der Waals surface area contributed by atoms with Crippen LogP contribution in [-0.2, 0) is 13.6 Å². The zero-order chi connectivity index (χ0) is 18.8. The van der Waals surface area contributed by atoms with Gasteiger partial charge in [0, 0.05) is 42.9 Å². The number of hydrogen-bond donors (Lipinski definition) is 2. The van der Waals surface area contributed by atoms with Crippen LogP contribution in [0.25, 0.3) is 0 Å². The molecule has 28 heavy (non-hydrogen) atoms. The van der Waals surface area contributed by atoms with Gasteiger partial charge < -0.3 is 20.1 Å². The van der Waals surface area contributed by atoms with Gasteiger partial charge >= 0.3 is 0 Å². The Morgan fingerprint density at radius 1 is 1.21 bits per heavy atom. The molecule has 2 aromatic rings. The Labute approximate surface area is 188 Å². The van der Waals surface area contributed by atoms with E-state index < -0.39 is 0 Å². The molecule has 1 aromatic heterocycles. The number of rotatable bonds is 5. The molecule has 4 rings (SSSR count). The van der Waals surface area contributed by atoms with Gasteiger partial charge in [0.2, 0.25) is 0 Å². The van der Waals surface area contributed by atoms with Crippen molar-refractivity contribution < 1.29 is 0 Å². The van der Waals surface area contributed by atoms with E-state index in [-0.39, 0.29) is 24.0 Å². The lowest BCUT2D eigenvalue weighted by atomic mass is 10.2. The molecule has 7 nitrogen and oxygen atoms in total. The van der Waals surface area contributed by atoms with Gasteiger partial charge in [0.1, 0.15) is 12.4 Å². The molecule has 2 aliphatic rings. The Morgan fingerprint density at radius 2 is 2.00 bits per heavy atom. The van der Waals surface area contributed by atoms with E-state index in [9.17, 15) is 0 Å². The smallest absolute Gasteiger partial charge is 0.192 e. The summed E-state index contributed by atoms with van der Waals surface area (Å²) in [7, 11) is 1.97. The quantitative estimate of drug-likeness (QED) is 0.364. The lowest BCUT2D eigenvalue weighted by Gasteiger charge is -2.20. The van der Waals surface area contributed by atoms with Crippen molar-refractivity contribution in [2.24, 2.45) is 12.0 Å². The molecule has 9 heteroatoms. The fraction of sp³-hybridized carbons (Fsp3) is 0.526. The van der Waals surface area contributed by atoms with Gasteiger partial charge in [-0.3, -0.25) is 0 Å². The van der Waals surface area contributed by atoms with Crippen molar-refractivity contribution >= 4 is 47.2 Å². The number of nitrogens with one attached hydrogen (secondary N) is 2. The van der Waals surface area contributed by atoms with Gasteiger partial charge in [0.15, 0.2) is 11.8 Å². The summed E-state index contributed by atoms with van der Waals surface area (Å²) >= 11 is 6.14. The number of guanidine groups is 1. The third-order valence-corrected chi connectivity index (χ3v) is 5.42. The van der Waals surface area contributed by atoms with Gasteiger partial charge in [0.25, 0.3) is 0 Å². The molecule has 2 fully saturated rings. The van der Waals surface area contributed by atoms with Crippen molar-refractivity contribution in [3.05, 3.63) is 40.9 Å². The van der Waals surface area contributed by atoms with Crippen molar-refractivity contribution in [3.8, 4) is 0 Å². The van der Waals surface area contributed by atoms with Gasteiger partial charge in [-0.05, 0) is 44.4 Å². The van der Waals surface area contributed by atoms with E-state index in [0.29, 0.717) is 18.6 Å². The van der Waals surface area contributed by atoms with Crippen molar-refractivity contribution in [1.29, 1.82) is 0 Å². The van der Waals surface area contributed by atoms with E-state index in [4.69, 9.17) is 16.6 Å². The number of aromatic nitrogens is 3. The Morgan fingerprint density at radius 3 is 2.68 bits per heavy atom. The Kier molecular flexibility index (Phi) is 7.03. The summed E-state index contributed by atoms with van der Waals surface area (Å²) in [4.78, 5) is 7.12. The average molecular weight is 516 g/mol. The van der Waals surface area contributed by atoms with E-state index in [1.807, 2.05) is 36.7 Å². The third kappa shape index (κ3) is 5.28. The van der Waals surface area contributed by atoms with Crippen LogP contribution in [0.2, 0.25) is 5.02 Å². The SMILES string of the molecule is Cc1nnc(CN=C(NC2CC2)NC2CCN(c3cccc(Cl)c3)C2)n1C.I. The highest BCUT2D eigenvalue weighted by Crippen LogP contribution is 2.24. The van der Waals surface area contributed by atoms with Crippen LogP contribution in [0.5, 0.6) is 0 Å². The number of hydrogen-bond acceptors (Lipinski definition) is 4. The van der Waals surface area contributed by atoms with Crippen LogP contribution in [-0.4, -0.2) is 45.9 Å². The maximum atomic E-state index is 6.14. The number of anilines is 1. The second kappa shape index (κ2) is 9.30. The molecule has 1 saturated heterocycles. The summed E-state index contributed by atoms with van der Waals surface area (Å²) < 4.78 is 1.98. The highest BCUT2D eigenvalue weighted by molar-refractivity contribution is 14.0. The number of benzene rings is 1. The number of aliphatic imine (C=N–C) groups is 1. The number of halogens is 2. The van der Waals surface area contributed by atoms with Crippen molar-refractivity contribution in [3.63, 3.8) is 0 Å². The Bertz CT molecular complexity index is 833. The zero-order valence-electron chi connectivity index (χ0n) is 16.2. The first-order chi connectivity index (χ1) is 13.1. The second-order valence-corrected chi connectivity index (χ2v) is 7.80. The molecule has 1 atom stereocenters. The topological polar surface area (TPSA) is 70.4 Å². The molecule has 1 aromatic carbocycles. The monoisotopic (exact) mass is 515 g/mol. The summed E-state index contributed by atoms with van der Waals surface area (Å²) in [6, 6.07) is 8.95. The lowest BCUT2D eigenvalue weighted by Crippen LogP contribution is -2.45. The average Bonchev–Trinajstić information content (AvgIpc) is 3.25. The van der Waals surface area contributed by atoms with Gasteiger partial charge in [-0.2, -0.15) is 0 Å². The van der Waals surface area contributed by atoms with Crippen LogP contribution in [0.4, 0.5) is 5.69 Å². The molecule has 0 radical (unpaired) electrons. The van der Waals surface area contributed by atoms with Gasteiger partial charge in [-0.25, -0.2) is 4.99 Å². The molecule has 1 saturated carbocycles. The molecule has 1 aliphatic heterocycles. The molecule has 2 N–H and O–H groups in total. The molecule has 0 amide bonds. The Balaban J connectivity index is 0.00000225. The van der Waals surface area contributed by atoms with E-state index in [1.165, 1.54) is 18.5 Å². The van der Waals surface area contributed by atoms with Crippen molar-refractivity contribution in [1.82, 2.24) is 25.4 Å². The fourth-order valence-electron chi connectivity index (χ4n) is 3.27. The van der Waals surface area contributed by atoms with E-state index >= 15 is 0 Å². The molecule has 152 valence electrons. The van der Waals surface area contributed by atoms with Crippen LogP contribution < -0.4 is 15.5 Å². The molecule has 2 heterocycles. The first-order valence-corrected chi connectivity index (χ1v) is 9.89. The third-order valence-electron chi connectivity index (χ3n) is 5.18. The summed E-state index contributed by atoms with van der Waals surface area (Å²) in [6.07, 6.45) is 3.49.